The summed E-state index contributed by atoms with van der Waals surface area (Å²) in [6.45, 7) is 0.321. The summed E-state index contributed by atoms with van der Waals surface area (Å²) in [5.74, 6) is 1.86. The normalized spacial score (nSPS) is 19.6. The predicted octanol–water partition coefficient (Wildman–Crippen LogP) is 3.55. The molecule has 1 saturated heterocycles. The summed E-state index contributed by atoms with van der Waals surface area (Å²) in [5.41, 5.74) is 1.41. The van der Waals surface area contributed by atoms with Crippen LogP contribution < -0.4 is 19.5 Å². The third-order valence-electron chi connectivity index (χ3n) is 7.68. The quantitative estimate of drug-likeness (QED) is 0.434. The van der Waals surface area contributed by atoms with Crippen molar-refractivity contribution in [2.24, 2.45) is 0 Å². The molecule has 1 aliphatic carbocycles. The van der Waals surface area contributed by atoms with E-state index < -0.39 is 15.4 Å². The number of benzene rings is 2. The van der Waals surface area contributed by atoms with Crippen LogP contribution in [0.3, 0.4) is 0 Å². The molecule has 1 atom stereocenters. The van der Waals surface area contributed by atoms with E-state index in [4.69, 9.17) is 14.2 Å². The van der Waals surface area contributed by atoms with Gasteiger partial charge >= 0.3 is 0 Å². The number of aliphatic hydroxyl groups is 1. The second-order valence-electron chi connectivity index (χ2n) is 9.98. The van der Waals surface area contributed by atoms with Crippen molar-refractivity contribution in [1.29, 1.82) is 0 Å². The molecule has 0 radical (unpaired) electrons. The molecule has 3 aliphatic rings. The summed E-state index contributed by atoms with van der Waals surface area (Å²) in [6.07, 6.45) is 2.75. The maximum Gasteiger partial charge on any atom is 0.243 e. The number of carbonyl (C=O) groups excluding carboxylic acids is 1. The van der Waals surface area contributed by atoms with E-state index in [-0.39, 0.29) is 31.7 Å². The smallest absolute Gasteiger partial charge is 0.243 e. The molecule has 2 fully saturated rings. The number of rotatable bonds is 8. The molecule has 206 valence electrons. The van der Waals surface area contributed by atoms with Crippen LogP contribution in [0, 0.1) is 0 Å². The van der Waals surface area contributed by atoms with Crippen LogP contribution in [-0.2, 0) is 20.2 Å². The van der Waals surface area contributed by atoms with Gasteiger partial charge in [-0.2, -0.15) is 4.31 Å². The minimum absolute atomic E-state index is 0. The molecular weight excluding hydrogens is 522 g/mol. The van der Waals surface area contributed by atoms with Crippen molar-refractivity contribution in [1.82, 2.24) is 9.29 Å². The van der Waals surface area contributed by atoms with Gasteiger partial charge in [-0.25, -0.2) is 13.4 Å². The molecule has 0 spiro atoms. The number of hydrogen-bond acceptors (Lipinski definition) is 8. The van der Waals surface area contributed by atoms with E-state index in [1.54, 1.807) is 49.6 Å². The number of aliphatic hydroxyl groups excluding tert-OH is 1. The van der Waals surface area contributed by atoms with Gasteiger partial charge in [-0.05, 0) is 67.6 Å². The molecule has 39 heavy (non-hydrogen) atoms. The number of aromatic nitrogens is 1. The number of ether oxygens (including phenoxy) is 3. The van der Waals surface area contributed by atoms with Crippen LogP contribution in [0.2, 0.25) is 0 Å². The number of pyridine rings is 1. The van der Waals surface area contributed by atoms with E-state index in [1.807, 2.05) is 12.1 Å². The topological polar surface area (TPSA) is 127 Å². The van der Waals surface area contributed by atoms with Gasteiger partial charge < -0.3 is 24.6 Å². The zero-order chi connectivity index (χ0) is 27.2. The van der Waals surface area contributed by atoms with E-state index in [1.165, 1.54) is 4.31 Å². The highest BCUT2D eigenvalue weighted by Gasteiger charge is 2.52. The monoisotopic (exact) mass is 553 g/mol. The highest BCUT2D eigenvalue weighted by molar-refractivity contribution is 7.89. The predicted molar refractivity (Wildman–Crippen MR) is 144 cm³/mol. The third-order valence-corrected chi connectivity index (χ3v) is 9.64. The lowest BCUT2D eigenvalue weighted by atomic mass is 9.94. The third kappa shape index (κ3) is 4.50. The first-order valence-corrected chi connectivity index (χ1v) is 14.3. The van der Waals surface area contributed by atoms with Gasteiger partial charge in [0.15, 0.2) is 11.5 Å². The van der Waals surface area contributed by atoms with Gasteiger partial charge in [0.25, 0.3) is 0 Å². The molecule has 6 rings (SSSR count). The highest BCUT2D eigenvalue weighted by atomic mass is 32.2. The number of fused-ring (bicyclic) bond motifs is 1. The van der Waals surface area contributed by atoms with Crippen molar-refractivity contribution in [2.45, 2.75) is 42.0 Å². The van der Waals surface area contributed by atoms with Gasteiger partial charge in [-0.3, -0.25) is 4.79 Å². The van der Waals surface area contributed by atoms with Crippen LogP contribution in [-0.4, -0.2) is 61.8 Å². The number of sulfonamides is 1. The summed E-state index contributed by atoms with van der Waals surface area (Å²) in [7, 11) is -2.15. The van der Waals surface area contributed by atoms with Crippen molar-refractivity contribution < 1.29 is 34.0 Å². The van der Waals surface area contributed by atoms with Gasteiger partial charge in [-0.1, -0.05) is 18.2 Å². The molecule has 3 aromatic rings. The molecule has 0 bridgehead atoms. The fourth-order valence-electron chi connectivity index (χ4n) is 5.32. The molecular formula is C28H31N3O7S. The second-order valence-corrected chi connectivity index (χ2v) is 11.9. The number of hydrogen-bond donors (Lipinski definition) is 2. The van der Waals surface area contributed by atoms with Gasteiger partial charge in [-0.15, -0.1) is 0 Å². The minimum atomic E-state index is -3.70. The van der Waals surface area contributed by atoms with Crippen molar-refractivity contribution in [3.8, 4) is 28.5 Å². The summed E-state index contributed by atoms with van der Waals surface area (Å²) in [5, 5.41) is 12.5. The van der Waals surface area contributed by atoms with Crippen molar-refractivity contribution in [2.75, 3.05) is 32.4 Å². The summed E-state index contributed by atoms with van der Waals surface area (Å²) < 4.78 is 44.0. The number of methoxy groups -OCH3 is 1. The maximum atomic E-state index is 13.4. The van der Waals surface area contributed by atoms with E-state index in [9.17, 15) is 18.3 Å². The molecule has 10 nitrogen and oxygen atoms in total. The first-order chi connectivity index (χ1) is 18.9. The van der Waals surface area contributed by atoms with E-state index >= 15 is 0 Å². The molecule has 3 heterocycles. The SMILES string of the molecule is COc1cc(C2(C(=O)Nc3cccc(-c4ccc(S(=O)(=O)N5CCC[C@@H]5CO)cc4)n3)CC2)cc2c1OCO2.[HH]. The molecule has 11 heteroatoms. The minimum Gasteiger partial charge on any atom is -0.493 e. The number of nitrogens with zero attached hydrogens (tertiary/aromatic N) is 2. The Morgan fingerprint density at radius 2 is 2.00 bits per heavy atom. The van der Waals surface area contributed by atoms with E-state index in [0.717, 1.165) is 12.0 Å². The highest BCUT2D eigenvalue weighted by Crippen LogP contribution is 2.53. The average Bonchev–Trinajstić information content (AvgIpc) is 3.38. The first kappa shape index (κ1) is 25.6. The van der Waals surface area contributed by atoms with Crippen molar-refractivity contribution >= 4 is 21.7 Å². The zero-order valence-electron chi connectivity index (χ0n) is 21.4. The van der Waals surface area contributed by atoms with Crippen LogP contribution in [0.1, 0.15) is 32.7 Å². The summed E-state index contributed by atoms with van der Waals surface area (Å²) in [6, 6.07) is 15.1. The molecule has 1 aromatic heterocycles. The van der Waals surface area contributed by atoms with Crippen LogP contribution in [0.4, 0.5) is 5.82 Å². The summed E-state index contributed by atoms with van der Waals surface area (Å²) >= 11 is 0. The zero-order valence-corrected chi connectivity index (χ0v) is 22.2. The van der Waals surface area contributed by atoms with Gasteiger partial charge in [0.05, 0.1) is 29.7 Å². The van der Waals surface area contributed by atoms with Crippen LogP contribution in [0.15, 0.2) is 59.5 Å². The van der Waals surface area contributed by atoms with Gasteiger partial charge in [0.2, 0.25) is 28.5 Å². The van der Waals surface area contributed by atoms with Gasteiger partial charge in [0.1, 0.15) is 5.82 Å². The average molecular weight is 554 g/mol. The Morgan fingerprint density at radius 1 is 1.21 bits per heavy atom. The van der Waals surface area contributed by atoms with Crippen LogP contribution in [0.5, 0.6) is 17.2 Å². The molecule has 2 aliphatic heterocycles. The lowest BCUT2D eigenvalue weighted by molar-refractivity contribution is -0.118. The molecule has 0 unspecified atom stereocenters. The van der Waals surface area contributed by atoms with Crippen molar-refractivity contribution in [3.63, 3.8) is 0 Å². The fourth-order valence-corrected chi connectivity index (χ4v) is 7.00. The molecule has 1 saturated carbocycles. The van der Waals surface area contributed by atoms with E-state index in [2.05, 4.69) is 10.3 Å². The standard InChI is InChI=1S/C28H29N3O7S.H2/c1-36-23-14-19(15-24-26(23)38-17-37-24)28(11-12-28)27(33)30-25-6-2-5-22(29-25)18-7-9-21(10-8-18)39(34,35)31-13-3-4-20(31)16-32;/h2,5-10,14-15,20,32H,3-4,11-13,16-17H2,1H3,(H,29,30,33);1H/t20-;/m1./s1. The molecule has 1 amide bonds. The van der Waals surface area contributed by atoms with Gasteiger partial charge in [0, 0.05) is 19.6 Å². The molecule has 2 N–H and O–H groups in total. The second kappa shape index (κ2) is 9.82. The molecule has 2 aromatic carbocycles. The number of amides is 1. The Bertz CT molecular complexity index is 1530. The fraction of sp³-hybridized carbons (Fsp3) is 0.357. The first-order valence-electron chi connectivity index (χ1n) is 12.9. The lowest BCUT2D eigenvalue weighted by Crippen LogP contribution is -2.37. The number of carbonyl (C=O) groups is 1. The Kier molecular flexibility index (Phi) is 6.44. The maximum absolute atomic E-state index is 13.4. The van der Waals surface area contributed by atoms with E-state index in [0.29, 0.717) is 60.1 Å². The number of anilines is 1. The van der Waals surface area contributed by atoms with Crippen LogP contribution >= 0.6 is 0 Å². The summed E-state index contributed by atoms with van der Waals surface area (Å²) in [4.78, 5) is 18.2. The van der Waals surface area contributed by atoms with Crippen molar-refractivity contribution in [3.05, 3.63) is 60.2 Å². The Morgan fingerprint density at radius 3 is 2.72 bits per heavy atom. The van der Waals surface area contributed by atoms with Crippen LogP contribution in [0.25, 0.3) is 11.3 Å². The lowest BCUT2D eigenvalue weighted by Gasteiger charge is -2.22. The Labute approximate surface area is 228 Å². The number of nitrogens with one attached hydrogen (secondary N) is 1. The Balaban J connectivity index is 0.00000323. The Hall–Kier alpha value is -3.67. The largest absolute Gasteiger partial charge is 0.493 e.